The third-order valence-corrected chi connectivity index (χ3v) is 3.21. The molecule has 0 radical (unpaired) electrons. The van der Waals surface area contributed by atoms with Gasteiger partial charge in [0, 0.05) is 36.9 Å². The van der Waals surface area contributed by atoms with Crippen LogP contribution in [0.5, 0.6) is 0 Å². The van der Waals surface area contributed by atoms with Crippen LogP contribution in [0.15, 0.2) is 18.3 Å². The molecule has 0 N–H and O–H groups in total. The lowest BCUT2D eigenvalue weighted by Crippen LogP contribution is -2.21. The highest BCUT2D eigenvalue weighted by atomic mass is 19.1. The predicted octanol–water partition coefficient (Wildman–Crippen LogP) is 2.92. The molecule has 0 amide bonds. The van der Waals surface area contributed by atoms with Gasteiger partial charge in [0.2, 0.25) is 0 Å². The van der Waals surface area contributed by atoms with Crippen LogP contribution in [-0.2, 0) is 12.0 Å². The van der Waals surface area contributed by atoms with Gasteiger partial charge >= 0.3 is 0 Å². The van der Waals surface area contributed by atoms with Crippen molar-refractivity contribution in [3.63, 3.8) is 0 Å². The lowest BCUT2D eigenvalue weighted by atomic mass is 9.91. The van der Waals surface area contributed by atoms with Crippen molar-refractivity contribution >= 4 is 0 Å². The first-order chi connectivity index (χ1) is 7.95. The maximum atomic E-state index is 13.0. The van der Waals surface area contributed by atoms with E-state index in [0.29, 0.717) is 13.0 Å². The van der Waals surface area contributed by atoms with E-state index < -0.39 is 6.17 Å². The maximum absolute atomic E-state index is 13.0. The zero-order valence-electron chi connectivity index (χ0n) is 10.9. The Balaban J connectivity index is 1.99. The summed E-state index contributed by atoms with van der Waals surface area (Å²) in [7, 11) is 0. The summed E-state index contributed by atoms with van der Waals surface area (Å²) in [5.41, 5.74) is 2.37. The van der Waals surface area contributed by atoms with Crippen LogP contribution in [0.25, 0.3) is 0 Å². The minimum absolute atomic E-state index is 0.0935. The highest BCUT2D eigenvalue weighted by molar-refractivity contribution is 5.19. The fourth-order valence-electron chi connectivity index (χ4n) is 2.15. The third-order valence-electron chi connectivity index (χ3n) is 3.21. The molecule has 0 aromatic carbocycles. The standard InChI is InChI=1S/C14H21FN2/c1-14(2,3)13-5-4-11(8-16-13)9-17-7-6-12(15)10-17/h4-5,8,12H,6-7,9-10H2,1-3H3/t12-/m0/s1. The number of aromatic nitrogens is 1. The van der Waals surface area contributed by atoms with E-state index in [1.807, 2.05) is 6.20 Å². The first kappa shape index (κ1) is 12.5. The summed E-state index contributed by atoms with van der Waals surface area (Å²) in [5, 5.41) is 0. The molecule has 0 unspecified atom stereocenters. The number of hydrogen-bond acceptors (Lipinski definition) is 2. The number of alkyl halides is 1. The van der Waals surface area contributed by atoms with Crippen LogP contribution >= 0.6 is 0 Å². The minimum Gasteiger partial charge on any atom is -0.296 e. The topological polar surface area (TPSA) is 16.1 Å². The van der Waals surface area contributed by atoms with E-state index in [4.69, 9.17) is 0 Å². The molecule has 3 heteroatoms. The lowest BCUT2D eigenvalue weighted by molar-refractivity contribution is 0.282. The van der Waals surface area contributed by atoms with Gasteiger partial charge in [0.15, 0.2) is 0 Å². The molecule has 1 fully saturated rings. The summed E-state index contributed by atoms with van der Waals surface area (Å²) in [6.45, 7) is 8.72. The molecule has 1 aliphatic heterocycles. The predicted molar refractivity (Wildman–Crippen MR) is 67.7 cm³/mol. The van der Waals surface area contributed by atoms with Crippen LogP contribution in [0, 0.1) is 0 Å². The Kier molecular flexibility index (Phi) is 3.48. The van der Waals surface area contributed by atoms with E-state index in [1.54, 1.807) is 0 Å². The van der Waals surface area contributed by atoms with Crippen molar-refractivity contribution in [1.82, 2.24) is 9.88 Å². The average molecular weight is 236 g/mol. The van der Waals surface area contributed by atoms with Crippen LogP contribution in [0.3, 0.4) is 0 Å². The van der Waals surface area contributed by atoms with Gasteiger partial charge in [0.1, 0.15) is 6.17 Å². The van der Waals surface area contributed by atoms with Crippen molar-refractivity contribution < 1.29 is 4.39 Å². The molecule has 0 bridgehead atoms. The smallest absolute Gasteiger partial charge is 0.114 e. The molecular formula is C14H21FN2. The highest BCUT2D eigenvalue weighted by Gasteiger charge is 2.22. The fraction of sp³-hybridized carbons (Fsp3) is 0.643. The Morgan fingerprint density at radius 1 is 1.41 bits per heavy atom. The van der Waals surface area contributed by atoms with Gasteiger partial charge in [-0.2, -0.15) is 0 Å². The summed E-state index contributed by atoms with van der Waals surface area (Å²) in [4.78, 5) is 6.64. The van der Waals surface area contributed by atoms with Crippen molar-refractivity contribution in [2.24, 2.45) is 0 Å². The number of likely N-dealkylation sites (tertiary alicyclic amines) is 1. The summed E-state index contributed by atoms with van der Waals surface area (Å²) in [6.07, 6.45) is 1.96. The van der Waals surface area contributed by atoms with E-state index in [2.05, 4.69) is 42.8 Å². The summed E-state index contributed by atoms with van der Waals surface area (Å²) in [6, 6.07) is 4.19. The largest absolute Gasteiger partial charge is 0.296 e. The van der Waals surface area contributed by atoms with Crippen LogP contribution in [-0.4, -0.2) is 29.1 Å². The second-order valence-corrected chi connectivity index (χ2v) is 5.92. The monoisotopic (exact) mass is 236 g/mol. The molecule has 1 aliphatic rings. The molecule has 1 saturated heterocycles. The van der Waals surface area contributed by atoms with Crippen LogP contribution in [0.2, 0.25) is 0 Å². The van der Waals surface area contributed by atoms with Crippen molar-refractivity contribution in [2.75, 3.05) is 13.1 Å². The SMILES string of the molecule is CC(C)(C)c1ccc(CN2CC[C@H](F)C2)cn1. The van der Waals surface area contributed by atoms with Gasteiger partial charge in [-0.15, -0.1) is 0 Å². The first-order valence-electron chi connectivity index (χ1n) is 6.27. The van der Waals surface area contributed by atoms with Gasteiger partial charge in [0.05, 0.1) is 0 Å². The van der Waals surface area contributed by atoms with Gasteiger partial charge in [-0.1, -0.05) is 26.8 Å². The quantitative estimate of drug-likeness (QED) is 0.785. The fourth-order valence-corrected chi connectivity index (χ4v) is 2.15. The van der Waals surface area contributed by atoms with Gasteiger partial charge in [-0.05, 0) is 18.1 Å². The molecule has 17 heavy (non-hydrogen) atoms. The van der Waals surface area contributed by atoms with Crippen molar-refractivity contribution in [1.29, 1.82) is 0 Å². The van der Waals surface area contributed by atoms with Crippen LogP contribution in [0.1, 0.15) is 38.4 Å². The molecule has 1 atom stereocenters. The Hall–Kier alpha value is -0.960. The number of pyridine rings is 1. The molecule has 2 heterocycles. The van der Waals surface area contributed by atoms with E-state index >= 15 is 0 Å². The second kappa shape index (κ2) is 4.73. The van der Waals surface area contributed by atoms with Gasteiger partial charge < -0.3 is 0 Å². The number of nitrogens with zero attached hydrogens (tertiary/aromatic N) is 2. The van der Waals surface area contributed by atoms with Crippen LogP contribution in [0.4, 0.5) is 4.39 Å². The molecular weight excluding hydrogens is 215 g/mol. The Morgan fingerprint density at radius 2 is 2.18 bits per heavy atom. The molecule has 2 nitrogen and oxygen atoms in total. The molecule has 94 valence electrons. The van der Waals surface area contributed by atoms with Crippen molar-refractivity contribution in [3.8, 4) is 0 Å². The molecule has 0 saturated carbocycles. The molecule has 1 aromatic heterocycles. The third kappa shape index (κ3) is 3.25. The maximum Gasteiger partial charge on any atom is 0.114 e. The lowest BCUT2D eigenvalue weighted by Gasteiger charge is -2.19. The van der Waals surface area contributed by atoms with Crippen LogP contribution < -0.4 is 0 Å². The van der Waals surface area contributed by atoms with E-state index in [1.165, 1.54) is 5.56 Å². The Labute approximate surface area is 103 Å². The van der Waals surface area contributed by atoms with Gasteiger partial charge in [-0.3, -0.25) is 9.88 Å². The van der Waals surface area contributed by atoms with E-state index in [-0.39, 0.29) is 5.41 Å². The summed E-state index contributed by atoms with van der Waals surface area (Å²) >= 11 is 0. The van der Waals surface area contributed by atoms with Gasteiger partial charge in [-0.25, -0.2) is 4.39 Å². The average Bonchev–Trinajstić information content (AvgIpc) is 2.63. The number of halogens is 1. The molecule has 0 spiro atoms. The van der Waals surface area contributed by atoms with Crippen molar-refractivity contribution in [3.05, 3.63) is 29.6 Å². The van der Waals surface area contributed by atoms with Gasteiger partial charge in [0.25, 0.3) is 0 Å². The first-order valence-corrected chi connectivity index (χ1v) is 6.27. The molecule has 1 aromatic rings. The Bertz CT molecular complexity index is 367. The zero-order valence-corrected chi connectivity index (χ0v) is 10.9. The number of hydrogen-bond donors (Lipinski definition) is 0. The highest BCUT2D eigenvalue weighted by Crippen LogP contribution is 2.21. The minimum atomic E-state index is -0.642. The summed E-state index contributed by atoms with van der Waals surface area (Å²) in [5.74, 6) is 0. The van der Waals surface area contributed by atoms with Crippen molar-refractivity contribution in [2.45, 2.75) is 45.3 Å². The van der Waals surface area contributed by atoms with E-state index in [9.17, 15) is 4.39 Å². The molecule has 2 rings (SSSR count). The Morgan fingerprint density at radius 3 is 2.65 bits per heavy atom. The second-order valence-electron chi connectivity index (χ2n) is 5.92. The van der Waals surface area contributed by atoms with E-state index in [0.717, 1.165) is 18.8 Å². The number of rotatable bonds is 2. The normalized spacial score (nSPS) is 22.0. The molecule has 0 aliphatic carbocycles. The summed E-state index contributed by atoms with van der Waals surface area (Å²) < 4.78 is 13.0. The zero-order chi connectivity index (χ0) is 12.5.